The Morgan fingerprint density at radius 3 is 0.867 bits per heavy atom. The third kappa shape index (κ3) is 61.3. The maximum Gasteiger partial charge on any atom is 0.306 e. The zero-order chi connectivity index (χ0) is 54.3. The van der Waals surface area contributed by atoms with Gasteiger partial charge in [-0.05, 0) is 83.5 Å². The smallest absolute Gasteiger partial charge is 0.306 e. The van der Waals surface area contributed by atoms with E-state index in [0.29, 0.717) is 19.3 Å². The maximum absolute atomic E-state index is 12.9. The molecule has 0 radical (unpaired) electrons. The normalized spacial score (nSPS) is 12.6. The van der Waals surface area contributed by atoms with Gasteiger partial charge >= 0.3 is 17.9 Å². The molecule has 0 heterocycles. The van der Waals surface area contributed by atoms with Crippen molar-refractivity contribution < 1.29 is 28.6 Å². The van der Waals surface area contributed by atoms with Crippen molar-refractivity contribution in [3.05, 3.63) is 85.1 Å². The lowest BCUT2D eigenvalue weighted by Crippen LogP contribution is -2.30. The molecule has 0 amide bonds. The molecule has 0 aliphatic rings. The maximum atomic E-state index is 12.9. The Balaban J connectivity index is 4.45. The van der Waals surface area contributed by atoms with Crippen LogP contribution in [0.25, 0.3) is 0 Å². The van der Waals surface area contributed by atoms with E-state index in [1.807, 2.05) is 6.08 Å². The summed E-state index contributed by atoms with van der Waals surface area (Å²) in [7, 11) is 0. The topological polar surface area (TPSA) is 78.9 Å². The minimum absolute atomic E-state index is 0.104. The first-order valence-corrected chi connectivity index (χ1v) is 32.1. The SMILES string of the molecule is CC/C=C\C/C=C\C/C=C\C/C=C\C/C=C\C/C=C\CCC(=O)OC(COC(=O)CCCCCCCCCCC/C=C\CCCCCCCCCC)COC(=O)CCCCCCCCCCCCCCCCCCC. The van der Waals surface area contributed by atoms with Gasteiger partial charge in [0.1, 0.15) is 13.2 Å². The number of carbonyl (C=O) groups is 3. The van der Waals surface area contributed by atoms with E-state index in [-0.39, 0.29) is 37.5 Å². The summed E-state index contributed by atoms with van der Waals surface area (Å²) in [5.74, 6) is -0.977. The van der Waals surface area contributed by atoms with Gasteiger partial charge in [0.25, 0.3) is 0 Å². The molecule has 0 aliphatic heterocycles. The Hall–Kier alpha value is -3.41. The number of allylic oxidation sites excluding steroid dienone is 14. The summed E-state index contributed by atoms with van der Waals surface area (Å²) in [6, 6.07) is 0. The van der Waals surface area contributed by atoms with Crippen LogP contribution in [0.2, 0.25) is 0 Å². The fraction of sp³-hybridized carbons (Fsp3) is 0.754. The predicted molar refractivity (Wildman–Crippen MR) is 325 cm³/mol. The second kappa shape index (κ2) is 63.1. The molecule has 75 heavy (non-hydrogen) atoms. The summed E-state index contributed by atoms with van der Waals surface area (Å²) in [5.41, 5.74) is 0. The first-order valence-electron chi connectivity index (χ1n) is 32.1. The van der Waals surface area contributed by atoms with Gasteiger partial charge in [-0.25, -0.2) is 0 Å². The first-order chi connectivity index (χ1) is 37.0. The molecule has 0 saturated carbocycles. The van der Waals surface area contributed by atoms with Crippen LogP contribution >= 0.6 is 0 Å². The Labute approximate surface area is 465 Å². The number of esters is 3. The molecule has 6 heteroatoms. The molecule has 1 atom stereocenters. The van der Waals surface area contributed by atoms with Crippen molar-refractivity contribution >= 4 is 17.9 Å². The molecule has 0 aliphatic carbocycles. The lowest BCUT2D eigenvalue weighted by atomic mass is 10.0. The molecule has 0 spiro atoms. The number of unbranched alkanes of at least 4 members (excludes halogenated alkanes) is 33. The number of hydrogen-bond donors (Lipinski definition) is 0. The Morgan fingerprint density at radius 1 is 0.280 bits per heavy atom. The fourth-order valence-corrected chi connectivity index (χ4v) is 9.11. The van der Waals surface area contributed by atoms with Gasteiger partial charge in [0.05, 0.1) is 0 Å². The van der Waals surface area contributed by atoms with Crippen LogP contribution in [-0.4, -0.2) is 37.2 Å². The highest BCUT2D eigenvalue weighted by atomic mass is 16.6. The van der Waals surface area contributed by atoms with Crippen molar-refractivity contribution in [2.75, 3.05) is 13.2 Å². The van der Waals surface area contributed by atoms with Crippen molar-refractivity contribution in [1.29, 1.82) is 0 Å². The molecule has 6 nitrogen and oxygen atoms in total. The molecule has 0 N–H and O–H groups in total. The van der Waals surface area contributed by atoms with Gasteiger partial charge in [-0.15, -0.1) is 0 Å². The lowest BCUT2D eigenvalue weighted by molar-refractivity contribution is -0.166. The predicted octanol–water partition coefficient (Wildman–Crippen LogP) is 21.9. The summed E-state index contributed by atoms with van der Waals surface area (Å²) >= 11 is 0. The van der Waals surface area contributed by atoms with Gasteiger partial charge in [0.2, 0.25) is 0 Å². The Kier molecular flexibility index (Phi) is 60.3. The van der Waals surface area contributed by atoms with Gasteiger partial charge in [0.15, 0.2) is 6.10 Å². The summed E-state index contributed by atoms with van der Waals surface area (Å²) in [6.45, 7) is 6.50. The largest absolute Gasteiger partial charge is 0.462 e. The van der Waals surface area contributed by atoms with Gasteiger partial charge in [-0.2, -0.15) is 0 Å². The van der Waals surface area contributed by atoms with Gasteiger partial charge in [-0.1, -0.05) is 298 Å². The Morgan fingerprint density at radius 2 is 0.547 bits per heavy atom. The molecule has 0 fully saturated rings. The van der Waals surface area contributed by atoms with Crippen LogP contribution in [0.15, 0.2) is 85.1 Å². The van der Waals surface area contributed by atoms with Crippen molar-refractivity contribution in [3.8, 4) is 0 Å². The zero-order valence-corrected chi connectivity index (χ0v) is 49.6. The summed E-state index contributed by atoms with van der Waals surface area (Å²) in [4.78, 5) is 38.3. The van der Waals surface area contributed by atoms with E-state index in [0.717, 1.165) is 77.0 Å². The van der Waals surface area contributed by atoms with Crippen LogP contribution in [0, 0.1) is 0 Å². The quantitative estimate of drug-likeness (QED) is 0.0261. The minimum Gasteiger partial charge on any atom is -0.462 e. The summed E-state index contributed by atoms with van der Waals surface area (Å²) in [5, 5.41) is 0. The van der Waals surface area contributed by atoms with Crippen LogP contribution < -0.4 is 0 Å². The standard InChI is InChI=1S/C69H120O6/c1-4-7-10-13-16-19-22-25-28-31-33-34-36-38-41-44-47-50-53-56-59-62-68(71)74-65-66(64-73-67(70)61-58-55-52-49-46-43-40-37-30-27-24-21-18-15-12-9-6-3)75-69(72)63-60-57-54-51-48-45-42-39-35-32-29-26-23-20-17-14-11-8-5-2/h8,11,17,20,26,29,31,33,35,39,45,48,54,57,66H,4-7,9-10,12-16,18-19,21-25,27-28,30,32,34,36-38,40-44,46-47,49-53,55-56,58-65H2,1-3H3/b11-8-,20-17-,29-26-,33-31-,39-35-,48-45-,57-54-. The highest BCUT2D eigenvalue weighted by molar-refractivity contribution is 5.71. The molecule has 1 unspecified atom stereocenters. The summed E-state index contributed by atoms with van der Waals surface area (Å²) < 4.78 is 16.9. The number of hydrogen-bond acceptors (Lipinski definition) is 6. The van der Waals surface area contributed by atoms with Gasteiger partial charge in [-0.3, -0.25) is 14.4 Å². The van der Waals surface area contributed by atoms with E-state index < -0.39 is 6.10 Å². The molecular weight excluding hydrogens is 925 g/mol. The number of ether oxygens (including phenoxy) is 3. The molecule has 0 saturated heterocycles. The highest BCUT2D eigenvalue weighted by Crippen LogP contribution is 2.17. The van der Waals surface area contributed by atoms with E-state index in [9.17, 15) is 14.4 Å². The van der Waals surface area contributed by atoms with E-state index in [1.54, 1.807) is 0 Å². The van der Waals surface area contributed by atoms with E-state index in [4.69, 9.17) is 14.2 Å². The first kappa shape index (κ1) is 71.6. The minimum atomic E-state index is -0.818. The Bertz CT molecular complexity index is 1430. The molecule has 432 valence electrons. The average molecular weight is 1050 g/mol. The van der Waals surface area contributed by atoms with Crippen molar-refractivity contribution in [1.82, 2.24) is 0 Å². The van der Waals surface area contributed by atoms with Gasteiger partial charge < -0.3 is 14.2 Å². The fourth-order valence-electron chi connectivity index (χ4n) is 9.11. The monoisotopic (exact) mass is 1040 g/mol. The number of rotatable bonds is 58. The van der Waals surface area contributed by atoms with Crippen LogP contribution in [0.5, 0.6) is 0 Å². The second-order valence-corrected chi connectivity index (χ2v) is 21.3. The van der Waals surface area contributed by atoms with Crippen molar-refractivity contribution in [3.63, 3.8) is 0 Å². The molecule has 0 aromatic rings. The van der Waals surface area contributed by atoms with Crippen LogP contribution in [-0.2, 0) is 28.6 Å². The molecule has 0 rings (SSSR count). The third-order valence-corrected chi connectivity index (χ3v) is 13.9. The average Bonchev–Trinajstić information content (AvgIpc) is 3.41. The summed E-state index contributed by atoms with van der Waals surface area (Å²) in [6.07, 6.45) is 83.1. The highest BCUT2D eigenvalue weighted by Gasteiger charge is 2.19. The lowest BCUT2D eigenvalue weighted by Gasteiger charge is -2.18. The molecule has 0 aromatic carbocycles. The second-order valence-electron chi connectivity index (χ2n) is 21.3. The zero-order valence-electron chi connectivity index (χ0n) is 49.6. The van der Waals surface area contributed by atoms with E-state index >= 15 is 0 Å². The molecule has 0 bridgehead atoms. The molecular formula is C69H120O6. The van der Waals surface area contributed by atoms with Crippen molar-refractivity contribution in [2.45, 2.75) is 322 Å². The van der Waals surface area contributed by atoms with Gasteiger partial charge in [0, 0.05) is 19.3 Å². The van der Waals surface area contributed by atoms with E-state index in [2.05, 4.69) is 99.8 Å². The van der Waals surface area contributed by atoms with E-state index in [1.165, 1.54) is 193 Å². The van der Waals surface area contributed by atoms with Crippen LogP contribution in [0.1, 0.15) is 316 Å². The molecule has 0 aromatic heterocycles. The van der Waals surface area contributed by atoms with Crippen molar-refractivity contribution in [2.24, 2.45) is 0 Å². The van der Waals surface area contributed by atoms with Crippen LogP contribution in [0.3, 0.4) is 0 Å². The third-order valence-electron chi connectivity index (χ3n) is 13.9. The number of carbonyl (C=O) groups excluding carboxylic acids is 3. The van der Waals surface area contributed by atoms with Crippen LogP contribution in [0.4, 0.5) is 0 Å².